The minimum absolute atomic E-state index is 0.216. The predicted octanol–water partition coefficient (Wildman–Crippen LogP) is 4.64. The molecule has 2 aromatic rings. The summed E-state index contributed by atoms with van der Waals surface area (Å²) in [6.07, 6.45) is 0.790. The molecule has 0 aliphatic carbocycles. The third-order valence-electron chi connectivity index (χ3n) is 3.10. The number of halogens is 3. The standard InChI is InChI=1S/C15H14Br2FN/c16-13-4-2-1-3-12(13)11(9-19)7-10-5-6-15(18)14(17)8-10/h1-6,8,11H,7,9,19H2. The van der Waals surface area contributed by atoms with Crippen molar-refractivity contribution >= 4 is 31.9 Å². The summed E-state index contributed by atoms with van der Waals surface area (Å²) in [7, 11) is 0. The Kier molecular flexibility index (Phi) is 5.13. The summed E-state index contributed by atoms with van der Waals surface area (Å²) in [5.74, 6) is -0.0260. The second kappa shape index (κ2) is 6.64. The number of hydrogen-bond acceptors (Lipinski definition) is 1. The van der Waals surface area contributed by atoms with E-state index >= 15 is 0 Å². The molecule has 19 heavy (non-hydrogen) atoms. The summed E-state index contributed by atoms with van der Waals surface area (Å²) in [5, 5.41) is 0. The molecule has 2 aromatic carbocycles. The van der Waals surface area contributed by atoms with Crippen LogP contribution in [-0.2, 0) is 6.42 Å². The Morgan fingerprint density at radius 3 is 2.42 bits per heavy atom. The Hall–Kier alpha value is -0.710. The van der Waals surface area contributed by atoms with E-state index in [1.165, 1.54) is 11.6 Å². The average Bonchev–Trinajstić information content (AvgIpc) is 2.41. The molecular weight excluding hydrogens is 373 g/mol. The van der Waals surface area contributed by atoms with Gasteiger partial charge in [-0.2, -0.15) is 0 Å². The number of hydrogen-bond donors (Lipinski definition) is 1. The van der Waals surface area contributed by atoms with Crippen LogP contribution in [0, 0.1) is 5.82 Å². The van der Waals surface area contributed by atoms with Gasteiger partial charge in [0.1, 0.15) is 5.82 Å². The van der Waals surface area contributed by atoms with Gasteiger partial charge in [-0.1, -0.05) is 40.2 Å². The molecule has 0 saturated heterocycles. The van der Waals surface area contributed by atoms with Crippen molar-refractivity contribution in [2.45, 2.75) is 12.3 Å². The van der Waals surface area contributed by atoms with Crippen LogP contribution < -0.4 is 5.73 Å². The highest BCUT2D eigenvalue weighted by Crippen LogP contribution is 2.28. The zero-order valence-corrected chi connectivity index (χ0v) is 13.4. The largest absolute Gasteiger partial charge is 0.330 e. The zero-order chi connectivity index (χ0) is 13.8. The SMILES string of the molecule is NCC(Cc1ccc(F)c(Br)c1)c1ccccc1Br. The van der Waals surface area contributed by atoms with Crippen LogP contribution in [0.15, 0.2) is 51.4 Å². The van der Waals surface area contributed by atoms with Gasteiger partial charge in [0.15, 0.2) is 0 Å². The van der Waals surface area contributed by atoms with Crippen LogP contribution in [0.2, 0.25) is 0 Å². The quantitative estimate of drug-likeness (QED) is 0.813. The maximum atomic E-state index is 13.2. The molecule has 0 saturated carbocycles. The van der Waals surface area contributed by atoms with Gasteiger partial charge in [0.2, 0.25) is 0 Å². The Morgan fingerprint density at radius 2 is 1.79 bits per heavy atom. The lowest BCUT2D eigenvalue weighted by Gasteiger charge is -2.17. The predicted molar refractivity (Wildman–Crippen MR) is 83.7 cm³/mol. The summed E-state index contributed by atoms with van der Waals surface area (Å²) in [4.78, 5) is 0. The lowest BCUT2D eigenvalue weighted by molar-refractivity contribution is 0.618. The molecule has 1 nitrogen and oxygen atoms in total. The molecule has 0 aliphatic heterocycles. The van der Waals surface area contributed by atoms with E-state index in [0.29, 0.717) is 11.0 Å². The molecule has 100 valence electrons. The third-order valence-corrected chi connectivity index (χ3v) is 4.43. The second-order valence-electron chi connectivity index (χ2n) is 4.41. The second-order valence-corrected chi connectivity index (χ2v) is 6.12. The Labute approximate surface area is 129 Å². The van der Waals surface area contributed by atoms with Crippen LogP contribution >= 0.6 is 31.9 Å². The van der Waals surface area contributed by atoms with E-state index in [-0.39, 0.29) is 11.7 Å². The molecule has 0 aromatic heterocycles. The van der Waals surface area contributed by atoms with E-state index in [2.05, 4.69) is 37.9 Å². The first kappa shape index (κ1) is 14.7. The van der Waals surface area contributed by atoms with E-state index in [0.717, 1.165) is 16.5 Å². The molecule has 0 bridgehead atoms. The van der Waals surface area contributed by atoms with Crippen LogP contribution in [0.25, 0.3) is 0 Å². The van der Waals surface area contributed by atoms with Gasteiger partial charge in [0.05, 0.1) is 4.47 Å². The number of benzene rings is 2. The summed E-state index contributed by atoms with van der Waals surface area (Å²) in [6.45, 7) is 0.553. The zero-order valence-electron chi connectivity index (χ0n) is 10.2. The molecule has 0 aliphatic rings. The van der Waals surface area contributed by atoms with E-state index < -0.39 is 0 Å². The lowest BCUT2D eigenvalue weighted by Crippen LogP contribution is -2.15. The van der Waals surface area contributed by atoms with Gasteiger partial charge >= 0.3 is 0 Å². The normalized spacial score (nSPS) is 12.4. The molecule has 0 radical (unpaired) electrons. The molecule has 2 N–H and O–H groups in total. The molecule has 1 atom stereocenters. The van der Waals surface area contributed by atoms with Crippen molar-refractivity contribution in [2.75, 3.05) is 6.54 Å². The number of rotatable bonds is 4. The van der Waals surface area contributed by atoms with Crippen molar-refractivity contribution in [3.8, 4) is 0 Å². The topological polar surface area (TPSA) is 26.0 Å². The lowest BCUT2D eigenvalue weighted by atomic mass is 9.92. The third kappa shape index (κ3) is 3.65. The van der Waals surface area contributed by atoms with Crippen LogP contribution in [0.1, 0.15) is 17.0 Å². The first-order valence-corrected chi connectivity index (χ1v) is 7.59. The highest BCUT2D eigenvalue weighted by molar-refractivity contribution is 9.10. The van der Waals surface area contributed by atoms with Crippen molar-refractivity contribution < 1.29 is 4.39 Å². The van der Waals surface area contributed by atoms with Crippen molar-refractivity contribution in [3.63, 3.8) is 0 Å². The van der Waals surface area contributed by atoms with Crippen LogP contribution in [0.3, 0.4) is 0 Å². The van der Waals surface area contributed by atoms with E-state index in [1.807, 2.05) is 24.3 Å². The molecule has 2 rings (SSSR count). The van der Waals surface area contributed by atoms with Crippen LogP contribution in [0.4, 0.5) is 4.39 Å². The van der Waals surface area contributed by atoms with Gasteiger partial charge in [-0.3, -0.25) is 0 Å². The van der Waals surface area contributed by atoms with Crippen molar-refractivity contribution in [1.29, 1.82) is 0 Å². The van der Waals surface area contributed by atoms with Crippen LogP contribution in [-0.4, -0.2) is 6.54 Å². The maximum absolute atomic E-state index is 13.2. The smallest absolute Gasteiger partial charge is 0.137 e. The summed E-state index contributed by atoms with van der Waals surface area (Å²) >= 11 is 6.77. The van der Waals surface area contributed by atoms with Crippen molar-refractivity contribution in [2.24, 2.45) is 5.73 Å². The minimum atomic E-state index is -0.242. The Balaban J connectivity index is 2.24. The van der Waals surface area contributed by atoms with E-state index in [1.54, 1.807) is 6.07 Å². The fraction of sp³-hybridized carbons (Fsp3) is 0.200. The van der Waals surface area contributed by atoms with Gasteiger partial charge in [-0.15, -0.1) is 0 Å². The van der Waals surface area contributed by atoms with Gasteiger partial charge in [-0.25, -0.2) is 4.39 Å². The summed E-state index contributed by atoms with van der Waals surface area (Å²) in [6, 6.07) is 13.2. The Bertz CT molecular complexity index is 572. The van der Waals surface area contributed by atoms with Gasteiger partial charge in [0.25, 0.3) is 0 Å². The van der Waals surface area contributed by atoms with E-state index in [9.17, 15) is 4.39 Å². The molecule has 1 unspecified atom stereocenters. The summed E-state index contributed by atoms with van der Waals surface area (Å²) in [5.41, 5.74) is 8.14. The molecule has 0 heterocycles. The highest BCUT2D eigenvalue weighted by Gasteiger charge is 2.14. The minimum Gasteiger partial charge on any atom is -0.330 e. The van der Waals surface area contributed by atoms with Crippen molar-refractivity contribution in [1.82, 2.24) is 0 Å². The molecule has 4 heteroatoms. The molecule has 0 spiro atoms. The molecular formula is C15H14Br2FN. The molecule has 0 amide bonds. The van der Waals surface area contributed by atoms with E-state index in [4.69, 9.17) is 5.73 Å². The maximum Gasteiger partial charge on any atom is 0.137 e. The first-order chi connectivity index (χ1) is 9.11. The fourth-order valence-corrected chi connectivity index (χ4v) is 3.11. The van der Waals surface area contributed by atoms with Gasteiger partial charge in [-0.05, 0) is 58.2 Å². The van der Waals surface area contributed by atoms with Crippen molar-refractivity contribution in [3.05, 3.63) is 68.4 Å². The summed E-state index contributed by atoms with van der Waals surface area (Å²) < 4.78 is 14.8. The Morgan fingerprint density at radius 1 is 1.05 bits per heavy atom. The molecule has 0 fully saturated rings. The van der Waals surface area contributed by atoms with Gasteiger partial charge in [0, 0.05) is 10.4 Å². The number of nitrogens with two attached hydrogens (primary N) is 1. The highest BCUT2D eigenvalue weighted by atomic mass is 79.9. The average molecular weight is 387 g/mol. The monoisotopic (exact) mass is 385 g/mol. The fourth-order valence-electron chi connectivity index (χ4n) is 2.08. The first-order valence-electron chi connectivity index (χ1n) is 6.00. The van der Waals surface area contributed by atoms with Crippen LogP contribution in [0.5, 0.6) is 0 Å². The van der Waals surface area contributed by atoms with Gasteiger partial charge < -0.3 is 5.73 Å².